The van der Waals surface area contributed by atoms with Crippen molar-refractivity contribution < 1.29 is 28.7 Å². The van der Waals surface area contributed by atoms with Crippen LogP contribution in [0, 0.1) is 5.92 Å². The van der Waals surface area contributed by atoms with Crippen LogP contribution in [0.2, 0.25) is 0 Å². The van der Waals surface area contributed by atoms with Crippen LogP contribution in [0.3, 0.4) is 0 Å². The molecule has 2 aliphatic heterocycles. The zero-order valence-corrected chi connectivity index (χ0v) is 14.2. The number of benzene rings is 1. The van der Waals surface area contributed by atoms with Crippen LogP contribution in [0.1, 0.15) is 28.9 Å². The summed E-state index contributed by atoms with van der Waals surface area (Å²) in [5, 5.41) is 13.1. The molecule has 1 N–H and O–H groups in total. The molecule has 4 rings (SSSR count). The van der Waals surface area contributed by atoms with Gasteiger partial charge in [-0.2, -0.15) is 0 Å². The predicted octanol–water partition coefficient (Wildman–Crippen LogP) is 2.18. The number of carboxylic acid groups (broad SMARTS) is 1. The van der Waals surface area contributed by atoms with Gasteiger partial charge in [0.25, 0.3) is 5.91 Å². The number of ether oxygens (including phenoxy) is 2. The lowest BCUT2D eigenvalue weighted by Crippen LogP contribution is -2.40. The molecule has 2 aliphatic rings. The largest absolute Gasteiger partial charge is 0.497 e. The minimum atomic E-state index is -0.809. The van der Waals surface area contributed by atoms with Gasteiger partial charge in [-0.3, -0.25) is 9.59 Å². The third-order valence-electron chi connectivity index (χ3n) is 4.93. The molecular formula is C18H18N2O6. The number of amides is 1. The molecule has 136 valence electrons. The zero-order chi connectivity index (χ0) is 18.3. The van der Waals surface area contributed by atoms with Crippen LogP contribution in [0.5, 0.6) is 11.5 Å². The molecule has 0 bridgehead atoms. The van der Waals surface area contributed by atoms with Gasteiger partial charge in [-0.25, -0.2) is 0 Å². The van der Waals surface area contributed by atoms with Gasteiger partial charge >= 0.3 is 5.97 Å². The van der Waals surface area contributed by atoms with Gasteiger partial charge in [-0.1, -0.05) is 5.16 Å². The van der Waals surface area contributed by atoms with E-state index in [4.69, 9.17) is 19.1 Å². The van der Waals surface area contributed by atoms with Crippen molar-refractivity contribution in [1.82, 2.24) is 10.1 Å². The second-order valence-corrected chi connectivity index (χ2v) is 6.39. The first-order valence-corrected chi connectivity index (χ1v) is 8.40. The van der Waals surface area contributed by atoms with E-state index in [1.807, 2.05) is 6.07 Å². The van der Waals surface area contributed by atoms with Gasteiger partial charge < -0.3 is 24.0 Å². The number of hydrogen-bond acceptors (Lipinski definition) is 6. The Morgan fingerprint density at radius 3 is 2.77 bits per heavy atom. The highest BCUT2D eigenvalue weighted by atomic mass is 16.5. The highest BCUT2D eigenvalue weighted by molar-refractivity contribution is 5.95. The molecule has 0 radical (unpaired) electrons. The fraction of sp³-hybridized carbons (Fsp3) is 0.389. The van der Waals surface area contributed by atoms with E-state index < -0.39 is 11.9 Å². The van der Waals surface area contributed by atoms with E-state index in [-0.39, 0.29) is 18.2 Å². The normalized spacial score (nSPS) is 16.4. The first-order valence-electron chi connectivity index (χ1n) is 8.40. The van der Waals surface area contributed by atoms with Gasteiger partial charge in [0.15, 0.2) is 11.5 Å². The number of carbonyl (C=O) groups excluding carboxylic acids is 1. The number of rotatable bonds is 3. The Balaban J connectivity index is 1.58. The van der Waals surface area contributed by atoms with Crippen LogP contribution >= 0.6 is 0 Å². The number of carboxylic acids is 1. The Morgan fingerprint density at radius 2 is 2.08 bits per heavy atom. The van der Waals surface area contributed by atoms with Crippen LogP contribution in [0.4, 0.5) is 0 Å². The van der Waals surface area contributed by atoms with Gasteiger partial charge in [0.2, 0.25) is 0 Å². The quantitative estimate of drug-likeness (QED) is 0.897. The molecule has 1 saturated heterocycles. The minimum absolute atomic E-state index is 0.186. The van der Waals surface area contributed by atoms with E-state index in [9.17, 15) is 9.59 Å². The zero-order valence-electron chi connectivity index (χ0n) is 14.2. The van der Waals surface area contributed by atoms with Gasteiger partial charge in [-0.15, -0.1) is 0 Å². The number of piperidine rings is 1. The molecule has 8 heteroatoms. The molecule has 0 unspecified atom stereocenters. The average Bonchev–Trinajstić information content (AvgIpc) is 3.11. The Bertz CT molecular complexity index is 867. The van der Waals surface area contributed by atoms with E-state index in [0.29, 0.717) is 48.8 Å². The van der Waals surface area contributed by atoms with Gasteiger partial charge in [0, 0.05) is 19.2 Å². The number of fused-ring (bicyclic) bond motifs is 3. The molecule has 26 heavy (non-hydrogen) atoms. The highest BCUT2D eigenvalue weighted by Crippen LogP contribution is 2.41. The summed E-state index contributed by atoms with van der Waals surface area (Å²) in [6, 6.07) is 5.36. The average molecular weight is 358 g/mol. The minimum Gasteiger partial charge on any atom is -0.497 e. The Kier molecular flexibility index (Phi) is 4.02. The summed E-state index contributed by atoms with van der Waals surface area (Å²) in [5.74, 6) is 0.363. The Labute approximate surface area is 149 Å². The van der Waals surface area contributed by atoms with E-state index in [1.54, 1.807) is 24.1 Å². The summed E-state index contributed by atoms with van der Waals surface area (Å²) in [6.45, 7) is 0.976. The summed E-state index contributed by atoms with van der Waals surface area (Å²) < 4.78 is 16.4. The van der Waals surface area contributed by atoms with E-state index >= 15 is 0 Å². The summed E-state index contributed by atoms with van der Waals surface area (Å²) in [5.41, 5.74) is 1.58. The highest BCUT2D eigenvalue weighted by Gasteiger charge is 2.33. The van der Waals surface area contributed by atoms with E-state index in [0.717, 1.165) is 5.56 Å². The number of likely N-dealkylation sites (tertiary alicyclic amines) is 1. The first-order chi connectivity index (χ1) is 12.6. The molecule has 0 aliphatic carbocycles. The molecule has 3 heterocycles. The van der Waals surface area contributed by atoms with Gasteiger partial charge in [0.05, 0.1) is 24.2 Å². The molecule has 8 nitrogen and oxygen atoms in total. The lowest BCUT2D eigenvalue weighted by Gasteiger charge is -2.29. The van der Waals surface area contributed by atoms with Crippen LogP contribution in [0.15, 0.2) is 22.7 Å². The summed E-state index contributed by atoms with van der Waals surface area (Å²) in [4.78, 5) is 25.5. The molecular weight excluding hydrogens is 340 g/mol. The van der Waals surface area contributed by atoms with Crippen molar-refractivity contribution in [1.29, 1.82) is 0 Å². The number of aliphatic carboxylic acids is 1. The summed E-state index contributed by atoms with van der Waals surface area (Å²) in [7, 11) is 1.58. The second kappa shape index (κ2) is 6.36. The van der Waals surface area contributed by atoms with Crippen LogP contribution in [-0.4, -0.2) is 47.2 Å². The number of nitrogens with zero attached hydrogens (tertiary/aromatic N) is 2. The monoisotopic (exact) mass is 358 g/mol. The molecule has 1 aromatic carbocycles. The molecule has 1 fully saturated rings. The lowest BCUT2D eigenvalue weighted by molar-refractivity contribution is -0.143. The van der Waals surface area contributed by atoms with Crippen molar-refractivity contribution >= 4 is 11.9 Å². The van der Waals surface area contributed by atoms with Gasteiger partial charge in [-0.05, 0) is 25.0 Å². The molecule has 2 aromatic rings. The molecule has 1 amide bonds. The maximum absolute atomic E-state index is 12.8. The Hall–Kier alpha value is -3.03. The maximum Gasteiger partial charge on any atom is 0.306 e. The lowest BCUT2D eigenvalue weighted by atomic mass is 9.96. The van der Waals surface area contributed by atoms with Crippen molar-refractivity contribution in [3.05, 3.63) is 29.5 Å². The molecule has 0 spiro atoms. The SMILES string of the molecule is COc1ccc2c(c1)OCc1c(C(=O)N3CCC(C(=O)O)CC3)noc1-2. The van der Waals surface area contributed by atoms with Crippen LogP contribution in [-0.2, 0) is 11.4 Å². The summed E-state index contributed by atoms with van der Waals surface area (Å²) in [6.07, 6.45) is 0.889. The molecule has 1 aromatic heterocycles. The topological polar surface area (TPSA) is 102 Å². The number of hydrogen-bond donors (Lipinski definition) is 1. The van der Waals surface area contributed by atoms with Crippen LogP contribution < -0.4 is 9.47 Å². The van der Waals surface area contributed by atoms with Crippen molar-refractivity contribution in [2.24, 2.45) is 5.92 Å². The number of aromatic nitrogens is 1. The predicted molar refractivity (Wildman–Crippen MR) is 89.1 cm³/mol. The van der Waals surface area contributed by atoms with Gasteiger partial charge in [0.1, 0.15) is 18.1 Å². The van der Waals surface area contributed by atoms with E-state index in [1.165, 1.54) is 0 Å². The smallest absolute Gasteiger partial charge is 0.306 e. The third kappa shape index (κ3) is 2.67. The third-order valence-corrected chi connectivity index (χ3v) is 4.93. The van der Waals surface area contributed by atoms with Crippen molar-refractivity contribution in [3.8, 4) is 22.8 Å². The first kappa shape index (κ1) is 16.4. The fourth-order valence-corrected chi connectivity index (χ4v) is 3.39. The second-order valence-electron chi connectivity index (χ2n) is 6.39. The van der Waals surface area contributed by atoms with E-state index in [2.05, 4.69) is 5.16 Å². The molecule has 0 atom stereocenters. The number of methoxy groups -OCH3 is 1. The van der Waals surface area contributed by atoms with Crippen molar-refractivity contribution in [3.63, 3.8) is 0 Å². The van der Waals surface area contributed by atoms with Crippen molar-refractivity contribution in [2.45, 2.75) is 19.4 Å². The standard InChI is InChI=1S/C18H18N2O6/c1-24-11-2-3-12-14(8-11)25-9-13-15(19-26-16(12)13)17(21)20-6-4-10(5-7-20)18(22)23/h2-3,8,10H,4-7,9H2,1H3,(H,22,23). The molecule has 0 saturated carbocycles. The summed E-state index contributed by atoms with van der Waals surface area (Å²) >= 11 is 0. The fourth-order valence-electron chi connectivity index (χ4n) is 3.39. The van der Waals surface area contributed by atoms with Crippen molar-refractivity contribution in [2.75, 3.05) is 20.2 Å². The number of carbonyl (C=O) groups is 2. The van der Waals surface area contributed by atoms with Crippen LogP contribution in [0.25, 0.3) is 11.3 Å². The maximum atomic E-state index is 12.8. The Morgan fingerprint density at radius 1 is 1.31 bits per heavy atom.